The van der Waals surface area contributed by atoms with Crippen molar-refractivity contribution in [2.75, 3.05) is 26.7 Å². The average Bonchev–Trinajstić information content (AvgIpc) is 2.60. The lowest BCUT2D eigenvalue weighted by Crippen LogP contribution is -2.56. The first-order chi connectivity index (χ1) is 11.5. The van der Waals surface area contributed by atoms with E-state index < -0.39 is 24.2 Å². The number of amides is 2. The summed E-state index contributed by atoms with van der Waals surface area (Å²) in [6, 6.07) is 8.61. The summed E-state index contributed by atoms with van der Waals surface area (Å²) in [5.74, 6) is -0.522. The minimum Gasteiger partial charge on any atom is -0.469 e. The van der Waals surface area contributed by atoms with E-state index in [9.17, 15) is 19.5 Å². The lowest BCUT2D eigenvalue weighted by Gasteiger charge is -2.38. The fourth-order valence-corrected chi connectivity index (χ4v) is 2.53. The van der Waals surface area contributed by atoms with Crippen molar-refractivity contribution in [3.05, 3.63) is 35.9 Å². The van der Waals surface area contributed by atoms with Gasteiger partial charge in [0.25, 0.3) is 0 Å². The molecule has 1 aromatic rings. The molecule has 0 radical (unpaired) electrons. The number of piperazine rings is 1. The first-order valence-corrected chi connectivity index (χ1v) is 7.53. The predicted octanol–water partition coefficient (Wildman–Crippen LogP) is 1.55. The van der Waals surface area contributed by atoms with Crippen LogP contribution < -0.4 is 0 Å². The van der Waals surface area contributed by atoms with E-state index in [1.165, 1.54) is 12.0 Å². The molecule has 1 atom stereocenters. The summed E-state index contributed by atoms with van der Waals surface area (Å²) in [4.78, 5) is 37.5. The number of nitrogens with zero attached hydrogens (tertiary/aromatic N) is 2. The van der Waals surface area contributed by atoms with Gasteiger partial charge in [-0.15, -0.1) is 0 Å². The molecule has 0 aliphatic carbocycles. The summed E-state index contributed by atoms with van der Waals surface area (Å²) in [6.07, 6.45) is -1.76. The number of hydrogen-bond acceptors (Lipinski definition) is 5. The molecule has 8 heteroatoms. The molecule has 1 saturated heterocycles. The molecule has 0 aromatic heterocycles. The number of esters is 1. The van der Waals surface area contributed by atoms with E-state index in [1.807, 2.05) is 30.3 Å². The van der Waals surface area contributed by atoms with Gasteiger partial charge in [0.2, 0.25) is 0 Å². The van der Waals surface area contributed by atoms with Crippen LogP contribution in [0.2, 0.25) is 0 Å². The van der Waals surface area contributed by atoms with Crippen molar-refractivity contribution < 1.29 is 29.0 Å². The molecule has 8 nitrogen and oxygen atoms in total. The van der Waals surface area contributed by atoms with Crippen LogP contribution in [0.25, 0.3) is 0 Å². The van der Waals surface area contributed by atoms with Gasteiger partial charge < -0.3 is 24.4 Å². The van der Waals surface area contributed by atoms with Gasteiger partial charge in [0.1, 0.15) is 6.61 Å². The van der Waals surface area contributed by atoms with Gasteiger partial charge in [0.05, 0.1) is 19.6 Å². The van der Waals surface area contributed by atoms with Gasteiger partial charge in [0, 0.05) is 19.6 Å². The molecule has 2 amide bonds. The van der Waals surface area contributed by atoms with Crippen LogP contribution in [0.5, 0.6) is 0 Å². The van der Waals surface area contributed by atoms with Crippen LogP contribution in [-0.2, 0) is 20.9 Å². The summed E-state index contributed by atoms with van der Waals surface area (Å²) in [7, 11) is 1.24. The quantitative estimate of drug-likeness (QED) is 0.838. The molecule has 0 bridgehead atoms. The maximum Gasteiger partial charge on any atom is 0.410 e. The van der Waals surface area contributed by atoms with Crippen LogP contribution in [0.3, 0.4) is 0 Å². The first-order valence-electron chi connectivity index (χ1n) is 7.53. The molecule has 0 saturated carbocycles. The van der Waals surface area contributed by atoms with E-state index in [2.05, 4.69) is 4.74 Å². The molecule has 1 aromatic carbocycles. The van der Waals surface area contributed by atoms with Crippen molar-refractivity contribution in [2.24, 2.45) is 0 Å². The van der Waals surface area contributed by atoms with Crippen molar-refractivity contribution in [2.45, 2.75) is 19.1 Å². The second-order valence-electron chi connectivity index (χ2n) is 5.40. The number of carbonyl (C=O) groups is 3. The summed E-state index contributed by atoms with van der Waals surface area (Å²) in [6.45, 7) is 0.574. The average molecular weight is 336 g/mol. The van der Waals surface area contributed by atoms with Crippen molar-refractivity contribution in [1.29, 1.82) is 0 Å². The van der Waals surface area contributed by atoms with Crippen LogP contribution >= 0.6 is 0 Å². The van der Waals surface area contributed by atoms with E-state index in [0.717, 1.165) is 10.5 Å². The Hall–Kier alpha value is -2.77. The van der Waals surface area contributed by atoms with Gasteiger partial charge in [0.15, 0.2) is 0 Å². The third-order valence-electron chi connectivity index (χ3n) is 3.82. The van der Waals surface area contributed by atoms with E-state index >= 15 is 0 Å². The van der Waals surface area contributed by atoms with Crippen molar-refractivity contribution >= 4 is 18.2 Å². The Bertz CT molecular complexity index is 591. The Balaban J connectivity index is 1.94. The lowest BCUT2D eigenvalue weighted by atomic mass is 10.1. The van der Waals surface area contributed by atoms with Crippen LogP contribution in [-0.4, -0.2) is 65.8 Å². The number of carbonyl (C=O) groups excluding carboxylic acids is 2. The number of hydrogen-bond donors (Lipinski definition) is 1. The molecule has 1 fully saturated rings. The summed E-state index contributed by atoms with van der Waals surface area (Å²) < 4.78 is 9.84. The lowest BCUT2D eigenvalue weighted by molar-refractivity contribution is -0.142. The Kier molecular flexibility index (Phi) is 6.00. The third-order valence-corrected chi connectivity index (χ3v) is 3.82. The Morgan fingerprint density at radius 1 is 1.21 bits per heavy atom. The molecule has 24 heavy (non-hydrogen) atoms. The zero-order chi connectivity index (χ0) is 17.5. The van der Waals surface area contributed by atoms with Crippen LogP contribution in [0, 0.1) is 0 Å². The van der Waals surface area contributed by atoms with Gasteiger partial charge in [-0.2, -0.15) is 0 Å². The summed E-state index contributed by atoms with van der Waals surface area (Å²) >= 11 is 0. The maximum atomic E-state index is 12.2. The van der Waals surface area contributed by atoms with Gasteiger partial charge in [-0.3, -0.25) is 4.79 Å². The zero-order valence-electron chi connectivity index (χ0n) is 13.4. The highest BCUT2D eigenvalue weighted by Crippen LogP contribution is 2.15. The molecule has 2 rings (SSSR count). The highest BCUT2D eigenvalue weighted by Gasteiger charge is 2.34. The van der Waals surface area contributed by atoms with Gasteiger partial charge >= 0.3 is 18.2 Å². The van der Waals surface area contributed by atoms with Gasteiger partial charge in [-0.25, -0.2) is 9.59 Å². The second-order valence-corrected chi connectivity index (χ2v) is 5.40. The summed E-state index contributed by atoms with van der Waals surface area (Å²) in [5, 5.41) is 9.21. The smallest absolute Gasteiger partial charge is 0.410 e. The molecule has 1 aliphatic heterocycles. The molecular formula is C16H20N2O6. The van der Waals surface area contributed by atoms with Gasteiger partial charge in [-0.05, 0) is 5.56 Å². The highest BCUT2D eigenvalue weighted by atomic mass is 16.6. The number of rotatable bonds is 4. The van der Waals surface area contributed by atoms with E-state index in [1.54, 1.807) is 0 Å². The fourth-order valence-electron chi connectivity index (χ4n) is 2.53. The fraction of sp³-hybridized carbons (Fsp3) is 0.438. The van der Waals surface area contributed by atoms with Crippen LogP contribution in [0.1, 0.15) is 12.0 Å². The number of benzene rings is 1. The number of carboxylic acid groups (broad SMARTS) is 1. The van der Waals surface area contributed by atoms with Gasteiger partial charge in [-0.1, -0.05) is 30.3 Å². The Morgan fingerprint density at radius 3 is 2.54 bits per heavy atom. The molecular weight excluding hydrogens is 316 g/mol. The van der Waals surface area contributed by atoms with E-state index in [0.29, 0.717) is 0 Å². The minimum atomic E-state index is -1.12. The number of methoxy groups -OCH3 is 1. The molecule has 0 spiro atoms. The first kappa shape index (κ1) is 17.6. The Labute approximate surface area is 139 Å². The topological polar surface area (TPSA) is 96.4 Å². The Morgan fingerprint density at radius 2 is 1.92 bits per heavy atom. The predicted molar refractivity (Wildman–Crippen MR) is 83.4 cm³/mol. The highest BCUT2D eigenvalue weighted by molar-refractivity contribution is 5.73. The molecule has 1 unspecified atom stereocenters. The third kappa shape index (κ3) is 4.61. The van der Waals surface area contributed by atoms with Crippen molar-refractivity contribution in [3.63, 3.8) is 0 Å². The molecule has 130 valence electrons. The summed E-state index contributed by atoms with van der Waals surface area (Å²) in [5.41, 5.74) is 0.862. The SMILES string of the molecule is COC(=O)CC1CN(C(=O)OCc2ccccc2)CCN1C(=O)O. The maximum absolute atomic E-state index is 12.2. The number of ether oxygens (including phenoxy) is 2. The molecule has 1 heterocycles. The normalized spacial score (nSPS) is 17.3. The van der Waals surface area contributed by atoms with E-state index in [4.69, 9.17) is 4.74 Å². The van der Waals surface area contributed by atoms with Crippen molar-refractivity contribution in [3.8, 4) is 0 Å². The largest absolute Gasteiger partial charge is 0.469 e. The van der Waals surface area contributed by atoms with E-state index in [-0.39, 0.29) is 32.7 Å². The molecule has 1 aliphatic rings. The zero-order valence-corrected chi connectivity index (χ0v) is 13.4. The van der Waals surface area contributed by atoms with Crippen LogP contribution in [0.4, 0.5) is 9.59 Å². The van der Waals surface area contributed by atoms with Crippen molar-refractivity contribution in [1.82, 2.24) is 9.80 Å². The standard InChI is InChI=1S/C16H20N2O6/c1-23-14(19)9-13-10-17(7-8-18(13)15(20)21)16(22)24-11-12-5-3-2-4-6-12/h2-6,13H,7-11H2,1H3,(H,20,21). The second kappa shape index (κ2) is 8.19. The van der Waals surface area contributed by atoms with Crippen LogP contribution in [0.15, 0.2) is 30.3 Å². The molecule has 1 N–H and O–H groups in total. The minimum absolute atomic E-state index is 0.0923. The monoisotopic (exact) mass is 336 g/mol.